The van der Waals surface area contributed by atoms with Crippen molar-refractivity contribution in [1.82, 2.24) is 0 Å². The van der Waals surface area contributed by atoms with E-state index in [0.717, 1.165) is 0 Å². The highest BCUT2D eigenvalue weighted by Crippen LogP contribution is 2.40. The Morgan fingerprint density at radius 3 is 2.36 bits per heavy atom. The standard InChI is InChI=1S/C8H12F3NO2/c1-5-2-3-6(8(9,10)11)4-7(5)12(13)14/h5-7H,2-4H2,1H3. The molecule has 0 aromatic heterocycles. The number of hydrogen-bond acceptors (Lipinski definition) is 2. The van der Waals surface area contributed by atoms with Crippen molar-refractivity contribution >= 4 is 0 Å². The van der Waals surface area contributed by atoms with Gasteiger partial charge >= 0.3 is 6.18 Å². The first kappa shape index (κ1) is 11.3. The van der Waals surface area contributed by atoms with Crippen molar-refractivity contribution in [3.63, 3.8) is 0 Å². The zero-order valence-corrected chi connectivity index (χ0v) is 7.75. The first-order valence-electron chi connectivity index (χ1n) is 4.52. The van der Waals surface area contributed by atoms with E-state index in [-0.39, 0.29) is 25.2 Å². The minimum absolute atomic E-state index is 0.0228. The molecular weight excluding hydrogens is 199 g/mol. The third-order valence-electron chi connectivity index (χ3n) is 2.89. The minimum Gasteiger partial charge on any atom is -0.264 e. The second-order valence-corrected chi connectivity index (χ2v) is 3.88. The lowest BCUT2D eigenvalue weighted by Crippen LogP contribution is -2.39. The lowest BCUT2D eigenvalue weighted by Gasteiger charge is -2.30. The Kier molecular flexibility index (Phi) is 3.01. The molecule has 0 spiro atoms. The summed E-state index contributed by atoms with van der Waals surface area (Å²) < 4.78 is 36.8. The Morgan fingerprint density at radius 1 is 1.36 bits per heavy atom. The molecule has 0 aromatic carbocycles. The van der Waals surface area contributed by atoms with Crippen molar-refractivity contribution in [3.8, 4) is 0 Å². The molecule has 82 valence electrons. The van der Waals surface area contributed by atoms with Crippen molar-refractivity contribution in [2.75, 3.05) is 0 Å². The predicted octanol–water partition coefficient (Wildman–Crippen LogP) is 2.63. The van der Waals surface area contributed by atoms with Gasteiger partial charge in [0.05, 0.1) is 5.92 Å². The van der Waals surface area contributed by atoms with Crippen molar-refractivity contribution in [3.05, 3.63) is 10.1 Å². The zero-order chi connectivity index (χ0) is 10.9. The third kappa shape index (κ3) is 2.36. The Morgan fingerprint density at radius 2 is 1.93 bits per heavy atom. The number of alkyl halides is 3. The van der Waals surface area contributed by atoms with E-state index >= 15 is 0 Å². The van der Waals surface area contributed by atoms with Gasteiger partial charge in [-0.1, -0.05) is 6.92 Å². The molecule has 0 bridgehead atoms. The Bertz CT molecular complexity index is 229. The van der Waals surface area contributed by atoms with E-state index < -0.39 is 23.1 Å². The van der Waals surface area contributed by atoms with Gasteiger partial charge in [-0.2, -0.15) is 13.2 Å². The van der Waals surface area contributed by atoms with Crippen LogP contribution in [-0.4, -0.2) is 17.1 Å². The summed E-state index contributed by atoms with van der Waals surface area (Å²) in [5, 5.41) is 10.5. The van der Waals surface area contributed by atoms with E-state index in [1.165, 1.54) is 0 Å². The summed E-state index contributed by atoms with van der Waals surface area (Å²) in [5.41, 5.74) is 0. The van der Waals surface area contributed by atoms with E-state index in [1.807, 2.05) is 0 Å². The topological polar surface area (TPSA) is 43.1 Å². The molecule has 3 nitrogen and oxygen atoms in total. The quantitative estimate of drug-likeness (QED) is 0.494. The van der Waals surface area contributed by atoms with Gasteiger partial charge in [0.2, 0.25) is 6.04 Å². The summed E-state index contributed by atoms with van der Waals surface area (Å²) in [6.45, 7) is 1.64. The van der Waals surface area contributed by atoms with Crippen molar-refractivity contribution in [1.29, 1.82) is 0 Å². The number of hydrogen-bond donors (Lipinski definition) is 0. The summed E-state index contributed by atoms with van der Waals surface area (Å²) in [4.78, 5) is 9.89. The van der Waals surface area contributed by atoms with Gasteiger partial charge < -0.3 is 0 Å². The van der Waals surface area contributed by atoms with Crippen LogP contribution in [-0.2, 0) is 0 Å². The molecular formula is C8H12F3NO2. The summed E-state index contributed by atoms with van der Waals surface area (Å²) in [5.74, 6) is -1.74. The van der Waals surface area contributed by atoms with Gasteiger partial charge in [-0.15, -0.1) is 0 Å². The fraction of sp³-hybridized carbons (Fsp3) is 1.00. The summed E-state index contributed by atoms with van der Waals surface area (Å²) in [6.07, 6.45) is -4.34. The van der Waals surface area contributed by atoms with Crippen LogP contribution in [0.4, 0.5) is 13.2 Å². The Balaban J connectivity index is 2.67. The summed E-state index contributed by atoms with van der Waals surface area (Å²) in [6, 6.07) is -1.03. The number of halogens is 3. The molecule has 1 aliphatic carbocycles. The normalized spacial score (nSPS) is 34.1. The fourth-order valence-corrected chi connectivity index (χ4v) is 1.89. The van der Waals surface area contributed by atoms with Crippen LogP contribution in [0.2, 0.25) is 0 Å². The monoisotopic (exact) mass is 211 g/mol. The lowest BCUT2D eigenvalue weighted by molar-refractivity contribution is -0.538. The fourth-order valence-electron chi connectivity index (χ4n) is 1.89. The number of nitrogens with zero attached hydrogens (tertiary/aromatic N) is 1. The molecule has 0 radical (unpaired) electrons. The highest BCUT2D eigenvalue weighted by Gasteiger charge is 2.47. The summed E-state index contributed by atoms with van der Waals surface area (Å²) in [7, 11) is 0. The molecule has 0 N–H and O–H groups in total. The Hall–Kier alpha value is -0.810. The highest BCUT2D eigenvalue weighted by molar-refractivity contribution is 4.81. The van der Waals surface area contributed by atoms with Gasteiger partial charge in [0, 0.05) is 17.3 Å². The molecule has 0 amide bonds. The predicted molar refractivity (Wildman–Crippen MR) is 43.3 cm³/mol. The van der Waals surface area contributed by atoms with Gasteiger partial charge in [-0.3, -0.25) is 10.1 Å². The number of rotatable bonds is 1. The highest BCUT2D eigenvalue weighted by atomic mass is 19.4. The second kappa shape index (κ2) is 3.74. The minimum atomic E-state index is -4.28. The second-order valence-electron chi connectivity index (χ2n) is 3.88. The molecule has 0 aromatic rings. The zero-order valence-electron chi connectivity index (χ0n) is 7.75. The van der Waals surface area contributed by atoms with E-state index in [9.17, 15) is 23.3 Å². The molecule has 6 heteroatoms. The molecule has 14 heavy (non-hydrogen) atoms. The van der Waals surface area contributed by atoms with Crippen LogP contribution < -0.4 is 0 Å². The van der Waals surface area contributed by atoms with Crippen LogP contribution in [0.15, 0.2) is 0 Å². The van der Waals surface area contributed by atoms with E-state index in [4.69, 9.17) is 0 Å². The maximum absolute atomic E-state index is 12.3. The van der Waals surface area contributed by atoms with Crippen molar-refractivity contribution in [2.24, 2.45) is 11.8 Å². The van der Waals surface area contributed by atoms with Gasteiger partial charge in [0.25, 0.3) is 0 Å². The van der Waals surface area contributed by atoms with E-state index in [1.54, 1.807) is 6.92 Å². The van der Waals surface area contributed by atoms with Crippen molar-refractivity contribution < 1.29 is 18.1 Å². The van der Waals surface area contributed by atoms with Gasteiger partial charge in [0.1, 0.15) is 0 Å². The van der Waals surface area contributed by atoms with Gasteiger partial charge in [-0.25, -0.2) is 0 Å². The first-order chi connectivity index (χ1) is 6.32. The molecule has 0 heterocycles. The van der Waals surface area contributed by atoms with E-state index in [2.05, 4.69) is 0 Å². The SMILES string of the molecule is CC1CCC(C(F)(F)F)CC1[N+](=O)[O-]. The average Bonchev–Trinajstić information content (AvgIpc) is 2.02. The molecule has 1 fully saturated rings. The van der Waals surface area contributed by atoms with Crippen molar-refractivity contribution in [2.45, 2.75) is 38.4 Å². The largest absolute Gasteiger partial charge is 0.392 e. The first-order valence-corrected chi connectivity index (χ1v) is 4.52. The van der Waals surface area contributed by atoms with E-state index in [0.29, 0.717) is 0 Å². The van der Waals surface area contributed by atoms with Crippen LogP contribution >= 0.6 is 0 Å². The smallest absolute Gasteiger partial charge is 0.264 e. The van der Waals surface area contributed by atoms with Gasteiger partial charge in [-0.05, 0) is 12.8 Å². The van der Waals surface area contributed by atoms with Crippen LogP contribution in [0, 0.1) is 22.0 Å². The Labute approximate surface area is 79.4 Å². The molecule has 3 atom stereocenters. The maximum atomic E-state index is 12.3. The average molecular weight is 211 g/mol. The van der Waals surface area contributed by atoms with Crippen LogP contribution in [0.5, 0.6) is 0 Å². The molecule has 1 saturated carbocycles. The van der Waals surface area contributed by atoms with Crippen LogP contribution in [0.25, 0.3) is 0 Å². The van der Waals surface area contributed by atoms with Crippen LogP contribution in [0.1, 0.15) is 26.2 Å². The molecule has 0 aliphatic heterocycles. The van der Waals surface area contributed by atoms with Gasteiger partial charge in [0.15, 0.2) is 0 Å². The third-order valence-corrected chi connectivity index (χ3v) is 2.89. The lowest BCUT2D eigenvalue weighted by atomic mass is 9.79. The molecule has 1 aliphatic rings. The summed E-state index contributed by atoms with van der Waals surface area (Å²) >= 11 is 0. The molecule has 3 unspecified atom stereocenters. The maximum Gasteiger partial charge on any atom is 0.392 e. The molecule has 1 rings (SSSR count). The molecule has 0 saturated heterocycles. The number of nitro groups is 1. The van der Waals surface area contributed by atoms with Crippen LogP contribution in [0.3, 0.4) is 0 Å².